The van der Waals surface area contributed by atoms with Crippen LogP contribution in [0.1, 0.15) is 5.56 Å². The molecule has 3 nitrogen and oxygen atoms in total. The van der Waals surface area contributed by atoms with E-state index in [1.807, 2.05) is 48.8 Å². The monoisotopic (exact) mass is 221 g/mol. The van der Waals surface area contributed by atoms with E-state index in [4.69, 9.17) is 0 Å². The molecule has 2 aromatic rings. The number of aliphatic imine (C=N–C) groups is 1. The van der Waals surface area contributed by atoms with Gasteiger partial charge in [-0.25, -0.2) is 0 Å². The Morgan fingerprint density at radius 3 is 2.47 bits per heavy atom. The van der Waals surface area contributed by atoms with Gasteiger partial charge in [0.05, 0.1) is 11.4 Å². The molecule has 0 radical (unpaired) electrons. The van der Waals surface area contributed by atoms with E-state index in [-0.39, 0.29) is 0 Å². The second-order valence-electron chi connectivity index (χ2n) is 3.70. The SMILES string of the molecule is C1=C/C(=C(/c2ccncc2)n2cccc2)N=C1. The minimum Gasteiger partial charge on any atom is -0.321 e. The highest BCUT2D eigenvalue weighted by Crippen LogP contribution is 2.23. The van der Waals surface area contributed by atoms with Crippen LogP contribution in [0.3, 0.4) is 0 Å². The lowest BCUT2D eigenvalue weighted by Crippen LogP contribution is -1.98. The second kappa shape index (κ2) is 4.22. The van der Waals surface area contributed by atoms with Crippen molar-refractivity contribution < 1.29 is 0 Å². The van der Waals surface area contributed by atoms with E-state index < -0.39 is 0 Å². The summed E-state index contributed by atoms with van der Waals surface area (Å²) >= 11 is 0. The first-order valence-corrected chi connectivity index (χ1v) is 5.44. The van der Waals surface area contributed by atoms with Crippen LogP contribution in [0.25, 0.3) is 5.70 Å². The molecule has 0 aliphatic carbocycles. The van der Waals surface area contributed by atoms with Crippen molar-refractivity contribution in [3.05, 3.63) is 72.5 Å². The first-order valence-electron chi connectivity index (χ1n) is 5.44. The van der Waals surface area contributed by atoms with Crippen molar-refractivity contribution in [2.45, 2.75) is 0 Å². The Bertz CT molecular complexity index is 576. The molecule has 0 amide bonds. The molecule has 1 aliphatic rings. The second-order valence-corrected chi connectivity index (χ2v) is 3.70. The van der Waals surface area contributed by atoms with E-state index in [1.54, 1.807) is 18.6 Å². The fourth-order valence-electron chi connectivity index (χ4n) is 1.86. The smallest absolute Gasteiger partial charge is 0.0876 e. The maximum absolute atomic E-state index is 4.37. The lowest BCUT2D eigenvalue weighted by Gasteiger charge is -2.10. The highest BCUT2D eigenvalue weighted by atomic mass is 15.0. The minimum atomic E-state index is 0.965. The van der Waals surface area contributed by atoms with Gasteiger partial charge in [-0.3, -0.25) is 9.98 Å². The van der Waals surface area contributed by atoms with E-state index in [9.17, 15) is 0 Å². The molecule has 1 aliphatic heterocycles. The van der Waals surface area contributed by atoms with Gasteiger partial charge in [0, 0.05) is 36.6 Å². The molecule has 0 saturated carbocycles. The van der Waals surface area contributed by atoms with Gasteiger partial charge in [0.15, 0.2) is 0 Å². The lowest BCUT2D eigenvalue weighted by atomic mass is 10.1. The molecule has 3 rings (SSSR count). The molecule has 0 unspecified atom stereocenters. The molecule has 0 spiro atoms. The Kier molecular flexibility index (Phi) is 2.43. The van der Waals surface area contributed by atoms with Crippen molar-refractivity contribution in [1.82, 2.24) is 9.55 Å². The van der Waals surface area contributed by atoms with Gasteiger partial charge in [-0.15, -0.1) is 0 Å². The van der Waals surface area contributed by atoms with Crippen LogP contribution in [-0.2, 0) is 0 Å². The van der Waals surface area contributed by atoms with Gasteiger partial charge < -0.3 is 4.57 Å². The Hall–Kier alpha value is -2.42. The van der Waals surface area contributed by atoms with Crippen LogP contribution in [0.5, 0.6) is 0 Å². The molecule has 3 heteroatoms. The van der Waals surface area contributed by atoms with Crippen LogP contribution in [0.4, 0.5) is 0 Å². The number of hydrogen-bond acceptors (Lipinski definition) is 2. The largest absolute Gasteiger partial charge is 0.321 e. The summed E-state index contributed by atoms with van der Waals surface area (Å²) in [6.07, 6.45) is 13.4. The summed E-state index contributed by atoms with van der Waals surface area (Å²) in [6.45, 7) is 0. The molecule has 0 bridgehead atoms. The van der Waals surface area contributed by atoms with Crippen LogP contribution in [0, 0.1) is 0 Å². The number of pyridine rings is 1. The number of nitrogens with zero attached hydrogens (tertiary/aromatic N) is 3. The average molecular weight is 221 g/mol. The van der Waals surface area contributed by atoms with Crippen LogP contribution in [0.2, 0.25) is 0 Å². The van der Waals surface area contributed by atoms with Crippen LogP contribution in [-0.4, -0.2) is 15.8 Å². The third-order valence-electron chi connectivity index (χ3n) is 2.61. The van der Waals surface area contributed by atoms with Crippen molar-refractivity contribution in [2.75, 3.05) is 0 Å². The van der Waals surface area contributed by atoms with Gasteiger partial charge in [-0.05, 0) is 36.4 Å². The van der Waals surface area contributed by atoms with E-state index in [0.717, 1.165) is 17.0 Å². The first-order chi connectivity index (χ1) is 8.45. The van der Waals surface area contributed by atoms with Crippen LogP contribution < -0.4 is 0 Å². The van der Waals surface area contributed by atoms with Gasteiger partial charge in [-0.2, -0.15) is 0 Å². The topological polar surface area (TPSA) is 30.2 Å². The van der Waals surface area contributed by atoms with Gasteiger partial charge in [0.1, 0.15) is 0 Å². The summed E-state index contributed by atoms with van der Waals surface area (Å²) in [7, 11) is 0. The highest BCUT2D eigenvalue weighted by Gasteiger charge is 2.09. The zero-order valence-electron chi connectivity index (χ0n) is 9.19. The highest BCUT2D eigenvalue weighted by molar-refractivity contribution is 5.83. The zero-order chi connectivity index (χ0) is 11.5. The predicted molar refractivity (Wildman–Crippen MR) is 68.6 cm³/mol. The van der Waals surface area contributed by atoms with Crippen molar-refractivity contribution in [3.8, 4) is 0 Å². The number of rotatable bonds is 2. The summed E-state index contributed by atoms with van der Waals surface area (Å²) in [5.74, 6) is 0. The van der Waals surface area contributed by atoms with E-state index in [1.165, 1.54) is 0 Å². The van der Waals surface area contributed by atoms with Crippen LogP contribution >= 0.6 is 0 Å². The summed E-state index contributed by atoms with van der Waals surface area (Å²) in [5, 5.41) is 0. The number of allylic oxidation sites excluding steroid dienone is 2. The summed E-state index contributed by atoms with van der Waals surface area (Å²) in [6, 6.07) is 7.99. The molecule has 0 saturated heterocycles. The summed E-state index contributed by atoms with van der Waals surface area (Å²) < 4.78 is 2.07. The number of aromatic nitrogens is 2. The summed E-state index contributed by atoms with van der Waals surface area (Å²) in [5.41, 5.74) is 3.14. The predicted octanol–water partition coefficient (Wildman–Crippen LogP) is 2.74. The van der Waals surface area contributed by atoms with E-state index >= 15 is 0 Å². The van der Waals surface area contributed by atoms with Gasteiger partial charge in [0.25, 0.3) is 0 Å². The minimum absolute atomic E-state index is 0.965. The Labute approximate surface area is 99.5 Å². The molecule has 2 aromatic heterocycles. The molecular formula is C14H11N3. The lowest BCUT2D eigenvalue weighted by molar-refractivity contribution is 1.09. The Balaban J connectivity index is 2.20. The zero-order valence-corrected chi connectivity index (χ0v) is 9.19. The summed E-state index contributed by atoms with van der Waals surface area (Å²) in [4.78, 5) is 8.42. The van der Waals surface area contributed by atoms with Crippen molar-refractivity contribution in [1.29, 1.82) is 0 Å². The molecule has 0 aromatic carbocycles. The van der Waals surface area contributed by atoms with Crippen molar-refractivity contribution >= 4 is 11.9 Å². The fraction of sp³-hybridized carbons (Fsp3) is 0. The molecule has 3 heterocycles. The Morgan fingerprint density at radius 1 is 1.06 bits per heavy atom. The molecule has 82 valence electrons. The third-order valence-corrected chi connectivity index (χ3v) is 2.61. The maximum Gasteiger partial charge on any atom is 0.0876 e. The van der Waals surface area contributed by atoms with Crippen LogP contribution in [0.15, 0.2) is 71.9 Å². The molecule has 0 N–H and O–H groups in total. The van der Waals surface area contributed by atoms with Gasteiger partial charge in [0.2, 0.25) is 0 Å². The molecule has 17 heavy (non-hydrogen) atoms. The van der Waals surface area contributed by atoms with Gasteiger partial charge in [-0.1, -0.05) is 0 Å². The normalized spacial score (nSPS) is 16.5. The Morgan fingerprint density at radius 2 is 1.82 bits per heavy atom. The molecule has 0 atom stereocenters. The van der Waals surface area contributed by atoms with Crippen molar-refractivity contribution in [2.24, 2.45) is 4.99 Å². The third kappa shape index (κ3) is 1.83. The molecule has 0 fully saturated rings. The molecular weight excluding hydrogens is 210 g/mol. The van der Waals surface area contributed by atoms with Crippen molar-refractivity contribution in [3.63, 3.8) is 0 Å². The standard InChI is InChI=1S/C14H11N3/c1-2-11-17(10-1)14(13-4-3-7-16-13)12-5-8-15-9-6-12/h1-11H/b14-13+. The van der Waals surface area contributed by atoms with Gasteiger partial charge >= 0.3 is 0 Å². The average Bonchev–Trinajstić information content (AvgIpc) is 3.04. The van der Waals surface area contributed by atoms with E-state index in [0.29, 0.717) is 0 Å². The first kappa shape index (κ1) is 9.78. The quantitative estimate of drug-likeness (QED) is 0.766. The van der Waals surface area contributed by atoms with E-state index in [2.05, 4.69) is 14.5 Å². The number of hydrogen-bond donors (Lipinski definition) is 0. The maximum atomic E-state index is 4.37. The fourth-order valence-corrected chi connectivity index (χ4v) is 1.86.